The first-order valence-electron chi connectivity index (χ1n) is 11.0. The van der Waals surface area contributed by atoms with E-state index in [1.807, 2.05) is 0 Å². The van der Waals surface area contributed by atoms with Crippen LogP contribution < -0.4 is 10.6 Å². The van der Waals surface area contributed by atoms with Crippen LogP contribution in [0.25, 0.3) is 10.4 Å². The molecule has 0 atom stereocenters. The fraction of sp³-hybridized carbons (Fsp3) is 0.591. The van der Waals surface area contributed by atoms with E-state index in [0.29, 0.717) is 82.4 Å². The Bertz CT molecular complexity index is 774. The number of ketones is 1. The van der Waals surface area contributed by atoms with Crippen molar-refractivity contribution in [3.63, 3.8) is 0 Å². The number of benzene rings is 1. The average Bonchev–Trinajstić information content (AvgIpc) is 2.81. The highest BCUT2D eigenvalue weighted by atomic mass is 16.5. The van der Waals surface area contributed by atoms with Crippen molar-refractivity contribution in [1.82, 2.24) is 5.32 Å². The summed E-state index contributed by atoms with van der Waals surface area (Å²) in [6.45, 7) is 6.35. The molecule has 0 unspecified atom stereocenters. The summed E-state index contributed by atoms with van der Waals surface area (Å²) in [6.07, 6.45) is 0.915. The molecule has 0 heterocycles. The van der Waals surface area contributed by atoms with Crippen LogP contribution in [-0.2, 0) is 30.2 Å². The maximum absolute atomic E-state index is 12.5. The topological polar surface area (TPSA) is 152 Å². The Morgan fingerprint density at radius 1 is 0.939 bits per heavy atom. The van der Waals surface area contributed by atoms with Gasteiger partial charge in [0.1, 0.15) is 5.78 Å². The van der Waals surface area contributed by atoms with E-state index in [2.05, 4.69) is 20.7 Å². The first-order valence-corrected chi connectivity index (χ1v) is 11.0. The van der Waals surface area contributed by atoms with Crippen molar-refractivity contribution in [1.29, 1.82) is 0 Å². The van der Waals surface area contributed by atoms with Gasteiger partial charge in [0.05, 0.1) is 39.6 Å². The maximum atomic E-state index is 12.5. The number of amides is 2. The minimum Gasteiger partial charge on any atom is -0.379 e. The van der Waals surface area contributed by atoms with Crippen LogP contribution in [0.1, 0.15) is 42.6 Å². The van der Waals surface area contributed by atoms with E-state index in [1.165, 1.54) is 0 Å². The Morgan fingerprint density at radius 2 is 1.61 bits per heavy atom. The Kier molecular flexibility index (Phi) is 14.9. The second-order valence-electron chi connectivity index (χ2n) is 6.94. The summed E-state index contributed by atoms with van der Waals surface area (Å²) in [5.41, 5.74) is 9.66. The zero-order valence-electron chi connectivity index (χ0n) is 19.3. The van der Waals surface area contributed by atoms with Crippen molar-refractivity contribution in [2.24, 2.45) is 5.11 Å². The molecule has 0 aliphatic rings. The predicted octanol–water partition coefficient (Wildman–Crippen LogP) is 2.65. The molecule has 2 N–H and O–H groups in total. The number of carbonyl (C=O) groups excluding carboxylic acids is 3. The highest BCUT2D eigenvalue weighted by Crippen LogP contribution is 2.17. The van der Waals surface area contributed by atoms with Crippen LogP contribution in [0.2, 0.25) is 0 Å². The molecule has 2 amide bonds. The third-order valence-electron chi connectivity index (χ3n) is 4.33. The molecule has 1 aromatic rings. The van der Waals surface area contributed by atoms with Gasteiger partial charge < -0.3 is 24.8 Å². The largest absolute Gasteiger partial charge is 0.379 e. The summed E-state index contributed by atoms with van der Waals surface area (Å²) in [7, 11) is 0. The van der Waals surface area contributed by atoms with Crippen LogP contribution in [0.3, 0.4) is 0 Å². The lowest BCUT2D eigenvalue weighted by atomic mass is 10.0. The number of hydrogen-bond donors (Lipinski definition) is 2. The van der Waals surface area contributed by atoms with Gasteiger partial charge >= 0.3 is 0 Å². The summed E-state index contributed by atoms with van der Waals surface area (Å²) < 4.78 is 16.0. The van der Waals surface area contributed by atoms with Crippen molar-refractivity contribution < 1.29 is 28.6 Å². The van der Waals surface area contributed by atoms with E-state index in [4.69, 9.17) is 19.7 Å². The van der Waals surface area contributed by atoms with Crippen molar-refractivity contribution in [3.8, 4) is 0 Å². The third-order valence-corrected chi connectivity index (χ3v) is 4.33. The summed E-state index contributed by atoms with van der Waals surface area (Å²) in [4.78, 5) is 38.7. The quantitative estimate of drug-likeness (QED) is 0.148. The molecule has 0 bridgehead atoms. The summed E-state index contributed by atoms with van der Waals surface area (Å²) in [5, 5.41) is 8.86. The SMILES string of the molecule is CCC(=O)Cc1cc(NC(=O)CC)cc(C(=O)NCCOCCOCCOCCN=[N+]=[N-])c1. The summed E-state index contributed by atoms with van der Waals surface area (Å²) in [5.74, 6) is -0.433. The molecule has 0 aliphatic carbocycles. The molecule has 33 heavy (non-hydrogen) atoms. The molecular weight excluding hydrogens is 430 g/mol. The lowest BCUT2D eigenvalue weighted by Gasteiger charge is -2.11. The predicted molar refractivity (Wildman–Crippen MR) is 123 cm³/mol. The normalized spacial score (nSPS) is 10.4. The van der Waals surface area contributed by atoms with Crippen LogP contribution in [0, 0.1) is 0 Å². The van der Waals surface area contributed by atoms with Crippen LogP contribution in [0.15, 0.2) is 23.3 Å². The standard InChI is InChI=1S/C22H33N5O6/c1-3-20(28)15-17-13-18(16-19(14-17)26-21(29)4-2)22(30)24-5-7-31-9-11-33-12-10-32-8-6-25-27-23/h13-14,16H,3-12,15H2,1-2H3,(H,24,30)(H,26,29). The monoisotopic (exact) mass is 463 g/mol. The number of rotatable bonds is 18. The molecule has 0 saturated heterocycles. The number of ether oxygens (including phenoxy) is 3. The van der Waals surface area contributed by atoms with E-state index in [-0.39, 0.29) is 24.0 Å². The van der Waals surface area contributed by atoms with E-state index >= 15 is 0 Å². The molecule has 11 heteroatoms. The Hall–Kier alpha value is -2.98. The minimum absolute atomic E-state index is 0.0515. The highest BCUT2D eigenvalue weighted by molar-refractivity contribution is 5.97. The number of carbonyl (C=O) groups is 3. The third kappa shape index (κ3) is 13.2. The van der Waals surface area contributed by atoms with Gasteiger partial charge in [-0.1, -0.05) is 19.0 Å². The molecule has 0 radical (unpaired) electrons. The van der Waals surface area contributed by atoms with Gasteiger partial charge in [-0.25, -0.2) is 0 Å². The van der Waals surface area contributed by atoms with E-state index < -0.39 is 0 Å². The molecule has 1 aromatic carbocycles. The molecule has 0 spiro atoms. The van der Waals surface area contributed by atoms with E-state index in [9.17, 15) is 14.4 Å². The average molecular weight is 464 g/mol. The molecule has 0 saturated carbocycles. The lowest BCUT2D eigenvalue weighted by molar-refractivity contribution is -0.118. The van der Waals surface area contributed by atoms with Crippen molar-refractivity contribution >= 4 is 23.3 Å². The number of Topliss-reactive ketones (excluding diaryl/α,β-unsaturated/α-hetero) is 1. The Balaban J connectivity index is 2.36. The van der Waals surface area contributed by atoms with E-state index in [1.54, 1.807) is 32.0 Å². The molecule has 0 fully saturated rings. The molecular formula is C22H33N5O6. The summed E-state index contributed by atoms with van der Waals surface area (Å²) in [6, 6.07) is 4.96. The zero-order valence-corrected chi connectivity index (χ0v) is 19.3. The van der Waals surface area contributed by atoms with E-state index in [0.717, 1.165) is 0 Å². The second-order valence-corrected chi connectivity index (χ2v) is 6.94. The summed E-state index contributed by atoms with van der Waals surface area (Å²) >= 11 is 0. The minimum atomic E-state index is -0.314. The molecule has 11 nitrogen and oxygen atoms in total. The van der Waals surface area contributed by atoms with Crippen LogP contribution in [0.4, 0.5) is 5.69 Å². The number of hydrogen-bond acceptors (Lipinski definition) is 7. The number of anilines is 1. The van der Waals surface area contributed by atoms with Gasteiger partial charge in [0.2, 0.25) is 5.91 Å². The lowest BCUT2D eigenvalue weighted by Crippen LogP contribution is -2.28. The zero-order chi connectivity index (χ0) is 24.3. The first kappa shape index (κ1) is 28.1. The molecule has 0 aliphatic heterocycles. The van der Waals surface area contributed by atoms with Crippen LogP contribution >= 0.6 is 0 Å². The van der Waals surface area contributed by atoms with Gasteiger partial charge in [0.25, 0.3) is 5.91 Å². The number of nitrogens with one attached hydrogen (secondary N) is 2. The van der Waals surface area contributed by atoms with Crippen LogP contribution in [-0.4, -0.2) is 70.3 Å². The molecule has 182 valence electrons. The smallest absolute Gasteiger partial charge is 0.251 e. The highest BCUT2D eigenvalue weighted by Gasteiger charge is 2.12. The maximum Gasteiger partial charge on any atom is 0.251 e. The number of azide groups is 1. The van der Waals surface area contributed by atoms with Crippen molar-refractivity contribution in [2.75, 3.05) is 58.0 Å². The van der Waals surface area contributed by atoms with Crippen LogP contribution in [0.5, 0.6) is 0 Å². The van der Waals surface area contributed by atoms with Gasteiger partial charge in [-0.3, -0.25) is 14.4 Å². The Labute approximate surface area is 193 Å². The Morgan fingerprint density at radius 3 is 2.24 bits per heavy atom. The van der Waals surface area contributed by atoms with Gasteiger partial charge in [0.15, 0.2) is 0 Å². The molecule has 0 aromatic heterocycles. The molecule has 1 rings (SSSR count). The van der Waals surface area contributed by atoms with Gasteiger partial charge in [-0.2, -0.15) is 0 Å². The second kappa shape index (κ2) is 17.6. The first-order chi connectivity index (χ1) is 16.0. The van der Waals surface area contributed by atoms with Gasteiger partial charge in [-0.05, 0) is 29.3 Å². The van der Waals surface area contributed by atoms with Crippen molar-refractivity contribution in [2.45, 2.75) is 33.1 Å². The number of nitrogens with zero attached hydrogens (tertiary/aromatic N) is 3. The van der Waals surface area contributed by atoms with Crippen molar-refractivity contribution in [3.05, 3.63) is 39.8 Å². The fourth-order valence-electron chi connectivity index (χ4n) is 2.63. The fourth-order valence-corrected chi connectivity index (χ4v) is 2.63. The van der Waals surface area contributed by atoms with Gasteiger partial charge in [0, 0.05) is 48.5 Å². The van der Waals surface area contributed by atoms with Gasteiger partial charge in [-0.15, -0.1) is 0 Å².